The van der Waals surface area contributed by atoms with Crippen molar-refractivity contribution >= 4 is 22.9 Å². The Morgan fingerprint density at radius 2 is 1.26 bits per heavy atom. The molecule has 0 fully saturated rings. The number of anilines is 1. The van der Waals surface area contributed by atoms with Gasteiger partial charge in [0.1, 0.15) is 0 Å². The summed E-state index contributed by atoms with van der Waals surface area (Å²) in [5.74, 6) is 0. The Hall–Kier alpha value is -4.14. The maximum Gasteiger partial charge on any atom is 0.0639 e. The largest absolute Gasteiger partial charge is 0.399 e. The van der Waals surface area contributed by atoms with Gasteiger partial charge in [0, 0.05) is 5.69 Å². The number of benzene rings is 4. The maximum absolute atomic E-state index is 7.08. The Balaban J connectivity index is 1.51. The Morgan fingerprint density at radius 3 is 1.85 bits per heavy atom. The maximum atomic E-state index is 7.08. The van der Waals surface area contributed by atoms with Gasteiger partial charge in [-0.15, -0.1) is 0 Å². The molecule has 5 rings (SSSR count). The average Bonchev–Trinajstić information content (AvgIpc) is 2.89. The minimum absolute atomic E-state index is 0.600. The van der Waals surface area contributed by atoms with Crippen molar-refractivity contribution in [2.75, 3.05) is 5.73 Å². The van der Waals surface area contributed by atoms with Gasteiger partial charge in [0.15, 0.2) is 0 Å². The van der Waals surface area contributed by atoms with Crippen LogP contribution in [0.2, 0.25) is 0 Å². The summed E-state index contributed by atoms with van der Waals surface area (Å²) in [5, 5.41) is 0. The van der Waals surface area contributed by atoms with Crippen molar-refractivity contribution in [2.24, 2.45) is 5.73 Å². The second kappa shape index (κ2) is 9.38. The molecule has 0 spiro atoms. The Kier molecular flexibility index (Phi) is 5.99. The lowest BCUT2D eigenvalue weighted by molar-refractivity contribution is 0.683. The van der Waals surface area contributed by atoms with Crippen LogP contribution in [0.5, 0.6) is 0 Å². The molecule has 4 aromatic rings. The lowest BCUT2D eigenvalue weighted by atomic mass is 9.78. The van der Waals surface area contributed by atoms with Crippen LogP contribution in [0.25, 0.3) is 28.3 Å². The van der Waals surface area contributed by atoms with Crippen LogP contribution in [0.3, 0.4) is 0 Å². The normalized spacial score (nSPS) is 17.9. The van der Waals surface area contributed by atoms with Crippen LogP contribution in [0.1, 0.15) is 23.1 Å². The lowest BCUT2D eigenvalue weighted by Gasteiger charge is -2.32. The van der Waals surface area contributed by atoms with E-state index in [2.05, 4.69) is 109 Å². The Labute approximate surface area is 201 Å². The molecule has 0 amide bonds. The van der Waals surface area contributed by atoms with Crippen LogP contribution in [0, 0.1) is 0 Å². The van der Waals surface area contributed by atoms with E-state index in [1.54, 1.807) is 0 Å². The summed E-state index contributed by atoms with van der Waals surface area (Å²) in [6, 6.07) is 37.4. The van der Waals surface area contributed by atoms with Crippen LogP contribution in [-0.4, -0.2) is 5.54 Å². The number of nitrogen functional groups attached to an aromatic ring is 1. The summed E-state index contributed by atoms with van der Waals surface area (Å²) in [7, 11) is 0. The van der Waals surface area contributed by atoms with Gasteiger partial charge in [-0.05, 0) is 63.6 Å². The predicted octanol–water partition coefficient (Wildman–Crippen LogP) is 7.22. The van der Waals surface area contributed by atoms with E-state index in [0.717, 1.165) is 39.9 Å². The van der Waals surface area contributed by atoms with Gasteiger partial charge in [-0.2, -0.15) is 0 Å². The highest BCUT2D eigenvalue weighted by atomic mass is 14.7. The molecule has 4 aromatic carbocycles. The predicted molar refractivity (Wildman–Crippen MR) is 146 cm³/mol. The van der Waals surface area contributed by atoms with Gasteiger partial charge in [-0.1, -0.05) is 115 Å². The molecule has 2 nitrogen and oxygen atoms in total. The molecule has 4 N–H and O–H groups in total. The van der Waals surface area contributed by atoms with Crippen molar-refractivity contribution in [3.05, 3.63) is 144 Å². The highest BCUT2D eigenvalue weighted by molar-refractivity contribution is 5.90. The number of allylic oxidation sites excluding steroid dienone is 2. The molecule has 1 aliphatic rings. The minimum atomic E-state index is -0.600. The molecule has 2 heteroatoms. The molecule has 1 atom stereocenters. The molecule has 0 saturated carbocycles. The molecule has 1 unspecified atom stereocenters. The van der Waals surface area contributed by atoms with Crippen molar-refractivity contribution in [1.82, 2.24) is 0 Å². The first-order valence-corrected chi connectivity index (χ1v) is 11.6. The molecule has 0 bridgehead atoms. The van der Waals surface area contributed by atoms with Crippen LogP contribution >= 0.6 is 0 Å². The van der Waals surface area contributed by atoms with Crippen molar-refractivity contribution in [3.8, 4) is 11.1 Å². The highest BCUT2D eigenvalue weighted by Gasteiger charge is 2.29. The zero-order valence-electron chi connectivity index (χ0n) is 19.1. The number of hydrogen-bond acceptors (Lipinski definition) is 2. The molecule has 0 saturated heterocycles. The van der Waals surface area contributed by atoms with Crippen molar-refractivity contribution < 1.29 is 0 Å². The fraction of sp³-hybridized carbons (Fsp3) is 0.0625. The first-order chi connectivity index (χ1) is 16.6. The number of hydrogen-bond donors (Lipinski definition) is 2. The lowest BCUT2D eigenvalue weighted by Crippen LogP contribution is -2.39. The quantitative estimate of drug-likeness (QED) is 0.254. The fourth-order valence-electron chi connectivity index (χ4n) is 4.42. The summed E-state index contributed by atoms with van der Waals surface area (Å²) in [6.45, 7) is 0. The van der Waals surface area contributed by atoms with E-state index < -0.39 is 5.54 Å². The zero-order chi connectivity index (χ0) is 23.4. The molecular weight excluding hydrogens is 412 g/mol. The molecule has 0 radical (unpaired) electrons. The Bertz CT molecular complexity index is 1350. The molecule has 1 aliphatic carbocycles. The van der Waals surface area contributed by atoms with E-state index in [0.29, 0.717) is 0 Å². The van der Waals surface area contributed by atoms with Gasteiger partial charge in [-0.25, -0.2) is 0 Å². The molecular formula is C32H28N2. The summed E-state index contributed by atoms with van der Waals surface area (Å²) in [4.78, 5) is 0. The van der Waals surface area contributed by atoms with Crippen molar-refractivity contribution in [3.63, 3.8) is 0 Å². The zero-order valence-corrected chi connectivity index (χ0v) is 19.1. The molecule has 166 valence electrons. The topological polar surface area (TPSA) is 52.0 Å². The van der Waals surface area contributed by atoms with Crippen LogP contribution < -0.4 is 11.5 Å². The van der Waals surface area contributed by atoms with E-state index in [-0.39, 0.29) is 0 Å². The van der Waals surface area contributed by atoms with Crippen LogP contribution in [-0.2, 0) is 0 Å². The van der Waals surface area contributed by atoms with Gasteiger partial charge >= 0.3 is 0 Å². The molecule has 0 aromatic heterocycles. The van der Waals surface area contributed by atoms with Crippen LogP contribution in [0.4, 0.5) is 5.69 Å². The first-order valence-electron chi connectivity index (χ1n) is 11.6. The fourth-order valence-corrected chi connectivity index (χ4v) is 4.42. The molecule has 34 heavy (non-hydrogen) atoms. The van der Waals surface area contributed by atoms with E-state index in [1.165, 1.54) is 11.1 Å². The smallest absolute Gasteiger partial charge is 0.0639 e. The minimum Gasteiger partial charge on any atom is -0.399 e. The third-order valence-electron chi connectivity index (χ3n) is 6.38. The average molecular weight is 441 g/mol. The standard InChI is InChI=1S/C32H28N2/c33-30-17-15-27(16-18-30)26-11-13-29(14-12-26)31(23-24-7-3-1-4-8-24)32(34)21-19-28(20-22-32)25-9-5-2-6-10-25/h1-21,23H,22,33-34H2. The van der Waals surface area contributed by atoms with Gasteiger partial charge in [0.05, 0.1) is 5.54 Å². The Morgan fingerprint density at radius 1 is 0.676 bits per heavy atom. The van der Waals surface area contributed by atoms with E-state index in [1.807, 2.05) is 24.3 Å². The second-order valence-electron chi connectivity index (χ2n) is 8.77. The third kappa shape index (κ3) is 4.63. The number of rotatable bonds is 5. The van der Waals surface area contributed by atoms with E-state index in [4.69, 9.17) is 11.5 Å². The highest BCUT2D eigenvalue weighted by Crippen LogP contribution is 2.37. The van der Waals surface area contributed by atoms with E-state index >= 15 is 0 Å². The van der Waals surface area contributed by atoms with E-state index in [9.17, 15) is 0 Å². The summed E-state index contributed by atoms with van der Waals surface area (Å²) in [6.07, 6.45) is 9.49. The van der Waals surface area contributed by atoms with Gasteiger partial charge in [-0.3, -0.25) is 0 Å². The summed E-state index contributed by atoms with van der Waals surface area (Å²) in [5.41, 5.74) is 21.2. The van der Waals surface area contributed by atoms with Crippen LogP contribution in [0.15, 0.2) is 127 Å². The molecule has 0 aliphatic heterocycles. The summed E-state index contributed by atoms with van der Waals surface area (Å²) >= 11 is 0. The monoisotopic (exact) mass is 440 g/mol. The first kappa shape index (κ1) is 21.7. The van der Waals surface area contributed by atoms with Gasteiger partial charge < -0.3 is 11.5 Å². The molecule has 0 heterocycles. The van der Waals surface area contributed by atoms with Crippen molar-refractivity contribution in [2.45, 2.75) is 12.0 Å². The van der Waals surface area contributed by atoms with Gasteiger partial charge in [0.25, 0.3) is 0 Å². The third-order valence-corrected chi connectivity index (χ3v) is 6.38. The van der Waals surface area contributed by atoms with Gasteiger partial charge in [0.2, 0.25) is 0 Å². The summed E-state index contributed by atoms with van der Waals surface area (Å²) < 4.78 is 0. The SMILES string of the molecule is Nc1ccc(-c2ccc(C(=Cc3ccccc3)C3(N)C=CC(c4ccccc4)=CC3)cc2)cc1. The number of nitrogens with two attached hydrogens (primary N) is 2. The van der Waals surface area contributed by atoms with Crippen molar-refractivity contribution in [1.29, 1.82) is 0 Å². The second-order valence-corrected chi connectivity index (χ2v) is 8.77.